The summed E-state index contributed by atoms with van der Waals surface area (Å²) in [6.45, 7) is 19.8. The topological polar surface area (TPSA) is 74.2 Å². The number of hydrogen-bond acceptors (Lipinski definition) is 11. The molecule has 0 spiro atoms. The van der Waals surface area contributed by atoms with E-state index in [0.717, 1.165) is 61.7 Å². The van der Waals surface area contributed by atoms with Crippen LogP contribution in [0.4, 0.5) is 17.6 Å². The monoisotopic (exact) mass is 1250 g/mol. The van der Waals surface area contributed by atoms with Gasteiger partial charge >= 0.3 is 5.97 Å². The molecule has 0 amide bonds. The van der Waals surface area contributed by atoms with E-state index in [1.807, 2.05) is 18.4 Å². The summed E-state index contributed by atoms with van der Waals surface area (Å²) in [6.07, 6.45) is 24.0. The van der Waals surface area contributed by atoms with Crippen molar-refractivity contribution in [3.63, 3.8) is 0 Å². The van der Waals surface area contributed by atoms with E-state index >= 15 is 0 Å². The van der Waals surface area contributed by atoms with Gasteiger partial charge in [0.25, 0.3) is 0 Å². The number of benzene rings is 6. The molecular formula is C66H90F4O6S6. The van der Waals surface area contributed by atoms with Gasteiger partial charge in [-0.15, -0.1) is 70.6 Å². The minimum Gasteiger partial charge on any atom is -0.492 e. The van der Waals surface area contributed by atoms with Crippen molar-refractivity contribution in [1.82, 2.24) is 0 Å². The Labute approximate surface area is 516 Å². The Morgan fingerprint density at radius 1 is 0.415 bits per heavy atom. The molecule has 0 aromatic heterocycles. The molecule has 82 heavy (non-hydrogen) atoms. The third-order valence-corrected chi connectivity index (χ3v) is 16.4. The van der Waals surface area contributed by atoms with Crippen LogP contribution in [0.15, 0.2) is 133 Å². The quantitative estimate of drug-likeness (QED) is 0.0243. The Morgan fingerprint density at radius 3 is 1.26 bits per heavy atom. The summed E-state index contributed by atoms with van der Waals surface area (Å²) in [5.41, 5.74) is 4.93. The highest BCUT2D eigenvalue weighted by molar-refractivity contribution is 7.99. The number of carbonyl (C=O) groups is 1. The maximum atomic E-state index is 12.9. The molecule has 6 rings (SSSR count). The van der Waals surface area contributed by atoms with Crippen molar-refractivity contribution in [2.24, 2.45) is 0 Å². The average molecular weight is 1250 g/mol. The number of ether oxygens (including phenoxy) is 4. The molecule has 0 radical (unpaired) electrons. The van der Waals surface area contributed by atoms with E-state index in [0.29, 0.717) is 30.5 Å². The molecular weight excluding hydrogens is 1160 g/mol. The Morgan fingerprint density at radius 2 is 0.841 bits per heavy atom. The minimum atomic E-state index is -1.33. The minimum absolute atomic E-state index is 0.375. The van der Waals surface area contributed by atoms with Gasteiger partial charge in [0.2, 0.25) is 0 Å². The first-order valence-electron chi connectivity index (χ1n) is 27.6. The first kappa shape index (κ1) is 76.0. The van der Waals surface area contributed by atoms with Gasteiger partial charge in [0.1, 0.15) is 23.9 Å². The van der Waals surface area contributed by atoms with Gasteiger partial charge in [-0.25, -0.2) is 22.4 Å². The van der Waals surface area contributed by atoms with Crippen LogP contribution in [0.5, 0.6) is 17.2 Å². The number of thioether (sulfide) groups is 6. The molecule has 16 heteroatoms. The van der Waals surface area contributed by atoms with E-state index in [1.54, 1.807) is 65.2 Å². The molecule has 0 saturated heterocycles. The fourth-order valence-corrected chi connectivity index (χ4v) is 10.6. The van der Waals surface area contributed by atoms with Crippen molar-refractivity contribution in [3.05, 3.63) is 160 Å². The van der Waals surface area contributed by atoms with Crippen LogP contribution < -0.4 is 14.2 Å². The Hall–Kier alpha value is -4.03. The zero-order chi connectivity index (χ0) is 61.2. The van der Waals surface area contributed by atoms with Crippen LogP contribution in [0.25, 0.3) is 0 Å². The van der Waals surface area contributed by atoms with Gasteiger partial charge in [-0.1, -0.05) is 114 Å². The summed E-state index contributed by atoms with van der Waals surface area (Å²) >= 11 is 9.07. The van der Waals surface area contributed by atoms with Crippen molar-refractivity contribution in [2.75, 3.05) is 70.6 Å². The van der Waals surface area contributed by atoms with Gasteiger partial charge in [-0.05, 0) is 169 Å². The Balaban J connectivity index is 0.000000498. The third kappa shape index (κ3) is 30.7. The average Bonchev–Trinajstić information content (AvgIpc) is 3.50. The molecule has 1 N–H and O–H groups in total. The zero-order valence-corrected chi connectivity index (χ0v) is 55.8. The zero-order valence-electron chi connectivity index (χ0n) is 50.9. The van der Waals surface area contributed by atoms with Crippen molar-refractivity contribution < 1.29 is 46.4 Å². The SMILES string of the molecule is CCCCCCCCOc1ccc(C)cc1SC.CCCCOCCOc1ccc(C)cc1SC.CCCCOc1ccc(C)cc1SC.CSc1c(F)c(F)c(C)c(F)c1F.CSc1cccc(C)c1.CSc1ccccc1C(=O)O. The van der Waals surface area contributed by atoms with Gasteiger partial charge in [0, 0.05) is 36.6 Å². The lowest BCUT2D eigenvalue weighted by molar-refractivity contribution is 0.0693. The summed E-state index contributed by atoms with van der Waals surface area (Å²) in [5.74, 6) is -3.16. The molecule has 6 aromatic rings. The third-order valence-electron chi connectivity index (χ3n) is 11.8. The highest BCUT2D eigenvalue weighted by Crippen LogP contribution is 2.32. The van der Waals surface area contributed by atoms with Crippen LogP contribution in [0.3, 0.4) is 0 Å². The van der Waals surface area contributed by atoms with Crippen LogP contribution >= 0.6 is 70.6 Å². The first-order chi connectivity index (χ1) is 39.4. The lowest BCUT2D eigenvalue weighted by Crippen LogP contribution is -2.07. The second kappa shape index (κ2) is 46.3. The molecule has 6 aromatic carbocycles. The summed E-state index contributed by atoms with van der Waals surface area (Å²) in [6, 6.07) is 34.5. The van der Waals surface area contributed by atoms with E-state index in [2.05, 4.69) is 146 Å². The summed E-state index contributed by atoms with van der Waals surface area (Å²) in [5, 5.41) is 8.68. The Bertz CT molecular complexity index is 2680. The van der Waals surface area contributed by atoms with Crippen molar-refractivity contribution in [1.29, 1.82) is 0 Å². The highest BCUT2D eigenvalue weighted by Gasteiger charge is 2.22. The standard InChI is InChI=1S/C16H26OS.C14H22O2S.C12H18OS.C8H6F4S.C8H8O2S.C8H10S/c1-4-5-6-7-8-9-12-17-15-11-10-14(2)13-16(15)18-3;1-4-5-8-15-9-10-16-13-7-6-12(2)11-14(13)17-3;1-4-5-8-13-11-7-6-10(2)9-12(11)14-3;1-3-4(9)6(11)8(13-2)7(12)5(3)10;1-11-7-5-3-2-4-6(7)8(9)10;1-7-4-3-5-8(6-7)9-2/h10-11,13H,4-9,12H2,1-3H3;6-7,11H,4-5,8-10H2,1-3H3;6-7,9H,4-5,8H2,1-3H3;1-2H3;2-5H,1H3,(H,9,10);3-6H,1-2H3. The van der Waals surface area contributed by atoms with Gasteiger partial charge in [0.05, 0.1) is 30.3 Å². The van der Waals surface area contributed by atoms with Gasteiger partial charge in [-0.3, -0.25) is 0 Å². The predicted octanol–water partition coefficient (Wildman–Crippen LogP) is 21.4. The van der Waals surface area contributed by atoms with E-state index in [1.165, 1.54) is 111 Å². The molecule has 0 fully saturated rings. The molecule has 0 saturated carbocycles. The largest absolute Gasteiger partial charge is 0.492 e. The normalized spacial score (nSPS) is 10.3. The number of halogens is 4. The summed E-state index contributed by atoms with van der Waals surface area (Å²) in [7, 11) is 0. The van der Waals surface area contributed by atoms with E-state index in [9.17, 15) is 22.4 Å². The lowest BCUT2D eigenvalue weighted by Gasteiger charge is -2.11. The number of unbranched alkanes of at least 4 members (excludes halogenated alkanes) is 7. The molecule has 454 valence electrons. The van der Waals surface area contributed by atoms with Crippen LogP contribution in [-0.2, 0) is 4.74 Å². The number of hydrogen-bond donors (Lipinski definition) is 1. The second-order valence-corrected chi connectivity index (χ2v) is 23.6. The maximum Gasteiger partial charge on any atom is 0.336 e. The van der Waals surface area contributed by atoms with Crippen LogP contribution in [0, 0.1) is 57.9 Å². The molecule has 0 unspecified atom stereocenters. The predicted molar refractivity (Wildman–Crippen MR) is 350 cm³/mol. The molecule has 0 heterocycles. The fraction of sp³-hybridized carbons (Fsp3) is 0.439. The number of carboxylic acid groups (broad SMARTS) is 1. The van der Waals surface area contributed by atoms with Gasteiger partial charge in [-0.2, -0.15) is 0 Å². The van der Waals surface area contributed by atoms with Crippen LogP contribution in [0.2, 0.25) is 0 Å². The van der Waals surface area contributed by atoms with Crippen LogP contribution in [0.1, 0.15) is 123 Å². The lowest BCUT2D eigenvalue weighted by atomic mass is 10.1. The van der Waals surface area contributed by atoms with Gasteiger partial charge in [0.15, 0.2) is 23.3 Å². The molecule has 6 nitrogen and oxygen atoms in total. The summed E-state index contributed by atoms with van der Waals surface area (Å²) < 4.78 is 74.2. The molecule has 0 bridgehead atoms. The van der Waals surface area contributed by atoms with Crippen molar-refractivity contribution in [3.8, 4) is 17.2 Å². The maximum absolute atomic E-state index is 12.9. The van der Waals surface area contributed by atoms with E-state index < -0.39 is 39.7 Å². The molecule has 0 aliphatic rings. The Kier molecular flexibility index (Phi) is 42.9. The number of aromatic carboxylic acids is 1. The van der Waals surface area contributed by atoms with Crippen molar-refractivity contribution in [2.45, 2.75) is 149 Å². The van der Waals surface area contributed by atoms with E-state index in [-0.39, 0.29) is 0 Å². The summed E-state index contributed by atoms with van der Waals surface area (Å²) in [4.78, 5) is 15.8. The fourth-order valence-electron chi connectivity index (χ4n) is 7.10. The first-order valence-corrected chi connectivity index (χ1v) is 35.0. The molecule has 0 aliphatic heterocycles. The van der Waals surface area contributed by atoms with Crippen LogP contribution in [-0.4, -0.2) is 81.6 Å². The highest BCUT2D eigenvalue weighted by atomic mass is 32.2. The second-order valence-electron chi connectivity index (χ2n) is 18.5. The smallest absolute Gasteiger partial charge is 0.336 e. The number of aryl methyl sites for hydroxylation is 4. The van der Waals surface area contributed by atoms with Crippen molar-refractivity contribution >= 4 is 76.5 Å². The molecule has 0 aliphatic carbocycles. The number of rotatable bonds is 26. The number of carboxylic acids is 1. The van der Waals surface area contributed by atoms with E-state index in [4.69, 9.17) is 24.1 Å². The van der Waals surface area contributed by atoms with Gasteiger partial charge < -0.3 is 24.1 Å². The molecule has 0 atom stereocenters.